The summed E-state index contributed by atoms with van der Waals surface area (Å²) in [7, 11) is 1.51. The molecule has 1 fully saturated rings. The SMILES string of the molecule is COC(=O)CC(N=C(c1ccccc1)c1ccccc1)B1OC(=O)CN(C)CC(=O)O1. The Labute approximate surface area is 181 Å². The maximum absolute atomic E-state index is 12.2. The van der Waals surface area contributed by atoms with Gasteiger partial charge < -0.3 is 14.0 Å². The third-order valence-electron chi connectivity index (χ3n) is 4.60. The fourth-order valence-corrected chi connectivity index (χ4v) is 3.14. The number of carbonyl (C=O) groups excluding carboxylic acids is 3. The highest BCUT2D eigenvalue weighted by Gasteiger charge is 2.41. The van der Waals surface area contributed by atoms with E-state index in [0.29, 0.717) is 5.71 Å². The molecule has 1 heterocycles. The first-order chi connectivity index (χ1) is 15.0. The molecular weight excluding hydrogens is 399 g/mol. The second kappa shape index (κ2) is 10.5. The summed E-state index contributed by atoms with van der Waals surface area (Å²) in [4.78, 5) is 42.8. The molecule has 2 aromatic carbocycles. The van der Waals surface area contributed by atoms with Crippen LogP contribution in [0.15, 0.2) is 65.7 Å². The van der Waals surface area contributed by atoms with Crippen LogP contribution in [-0.4, -0.2) is 68.8 Å². The Hall–Kier alpha value is -3.46. The van der Waals surface area contributed by atoms with Gasteiger partial charge in [-0.3, -0.25) is 24.3 Å². The maximum atomic E-state index is 12.2. The molecule has 3 rings (SSSR count). The fourth-order valence-electron chi connectivity index (χ4n) is 3.14. The molecule has 0 bridgehead atoms. The summed E-state index contributed by atoms with van der Waals surface area (Å²) in [6.07, 6.45) is -0.235. The minimum absolute atomic E-state index is 0.0789. The first-order valence-electron chi connectivity index (χ1n) is 9.79. The van der Waals surface area contributed by atoms with E-state index in [0.717, 1.165) is 11.1 Å². The zero-order valence-corrected chi connectivity index (χ0v) is 17.4. The molecule has 0 aliphatic carbocycles. The van der Waals surface area contributed by atoms with E-state index < -0.39 is 31.0 Å². The van der Waals surface area contributed by atoms with E-state index in [1.807, 2.05) is 60.7 Å². The third-order valence-corrected chi connectivity index (χ3v) is 4.60. The van der Waals surface area contributed by atoms with Crippen molar-refractivity contribution in [2.45, 2.75) is 12.4 Å². The first kappa shape index (κ1) is 22.2. The Balaban J connectivity index is 2.04. The molecule has 1 unspecified atom stereocenters. The van der Waals surface area contributed by atoms with Crippen molar-refractivity contribution < 1.29 is 28.4 Å². The highest BCUT2D eigenvalue weighted by Crippen LogP contribution is 2.17. The van der Waals surface area contributed by atoms with Crippen LogP contribution in [-0.2, 0) is 28.4 Å². The monoisotopic (exact) mass is 422 g/mol. The van der Waals surface area contributed by atoms with E-state index in [1.165, 1.54) is 12.0 Å². The van der Waals surface area contributed by atoms with Crippen LogP contribution in [0.5, 0.6) is 0 Å². The van der Waals surface area contributed by atoms with E-state index >= 15 is 0 Å². The zero-order valence-electron chi connectivity index (χ0n) is 17.4. The average molecular weight is 422 g/mol. The third kappa shape index (κ3) is 6.26. The van der Waals surface area contributed by atoms with Gasteiger partial charge in [0.15, 0.2) is 0 Å². The predicted octanol–water partition coefficient (Wildman–Crippen LogP) is 1.51. The lowest BCUT2D eigenvalue weighted by molar-refractivity contribution is -0.147. The summed E-state index contributed by atoms with van der Waals surface area (Å²) >= 11 is 0. The second-order valence-electron chi connectivity index (χ2n) is 7.08. The van der Waals surface area contributed by atoms with E-state index in [4.69, 9.17) is 19.0 Å². The number of likely N-dealkylation sites (N-methyl/N-ethyl adjacent to an activating group) is 1. The van der Waals surface area contributed by atoms with Crippen molar-refractivity contribution in [2.75, 3.05) is 27.2 Å². The number of esters is 1. The standard InChI is InChI=1S/C22H23BN2O6/c1-25-14-20(27)30-23(31-21(28)15-25)18(13-19(26)29-2)24-22(16-9-5-3-6-10-16)17-11-7-4-8-12-17/h3-12,18H,13-15H2,1-2H3. The van der Waals surface area contributed by atoms with E-state index in [2.05, 4.69) is 0 Å². The van der Waals surface area contributed by atoms with Crippen LogP contribution in [0.1, 0.15) is 17.5 Å². The van der Waals surface area contributed by atoms with Crippen LogP contribution in [0.3, 0.4) is 0 Å². The van der Waals surface area contributed by atoms with Crippen molar-refractivity contribution >= 4 is 30.7 Å². The quantitative estimate of drug-likeness (QED) is 0.396. The minimum atomic E-state index is -1.35. The smallest absolute Gasteiger partial charge is 0.497 e. The Morgan fingerprint density at radius 1 is 1.00 bits per heavy atom. The number of ether oxygens (including phenoxy) is 1. The fraction of sp³-hybridized carbons (Fsp3) is 0.273. The summed E-state index contributed by atoms with van der Waals surface area (Å²) in [5, 5.41) is 0. The number of carbonyl (C=O) groups is 3. The second-order valence-corrected chi connectivity index (χ2v) is 7.08. The number of hydrogen-bond acceptors (Lipinski definition) is 8. The van der Waals surface area contributed by atoms with Crippen LogP contribution in [0.2, 0.25) is 0 Å². The van der Waals surface area contributed by atoms with Gasteiger partial charge in [0, 0.05) is 11.1 Å². The molecule has 1 atom stereocenters. The van der Waals surface area contributed by atoms with Crippen molar-refractivity contribution in [3.63, 3.8) is 0 Å². The number of aliphatic imine (C=N–C) groups is 1. The molecule has 31 heavy (non-hydrogen) atoms. The van der Waals surface area contributed by atoms with Crippen LogP contribution >= 0.6 is 0 Å². The Morgan fingerprint density at radius 3 is 1.94 bits per heavy atom. The number of methoxy groups -OCH3 is 1. The topological polar surface area (TPSA) is 94.5 Å². The maximum Gasteiger partial charge on any atom is 0.625 e. The van der Waals surface area contributed by atoms with Crippen molar-refractivity contribution in [1.82, 2.24) is 4.90 Å². The van der Waals surface area contributed by atoms with Crippen LogP contribution in [0.25, 0.3) is 0 Å². The van der Waals surface area contributed by atoms with Gasteiger partial charge >= 0.3 is 25.0 Å². The van der Waals surface area contributed by atoms with E-state index in [-0.39, 0.29) is 19.5 Å². The summed E-state index contributed by atoms with van der Waals surface area (Å²) in [5.74, 6) is -2.71. The molecule has 0 N–H and O–H groups in total. The summed E-state index contributed by atoms with van der Waals surface area (Å²) in [6, 6.07) is 18.8. The van der Waals surface area contributed by atoms with Gasteiger partial charge in [0.25, 0.3) is 0 Å². The summed E-state index contributed by atoms with van der Waals surface area (Å²) in [6.45, 7) is -0.158. The van der Waals surface area contributed by atoms with Gasteiger partial charge in [0.1, 0.15) is 5.94 Å². The molecule has 9 heteroatoms. The largest absolute Gasteiger partial charge is 0.625 e. The number of benzene rings is 2. The number of nitrogens with zero attached hydrogens (tertiary/aromatic N) is 2. The lowest BCUT2D eigenvalue weighted by Gasteiger charge is -2.25. The van der Waals surface area contributed by atoms with Gasteiger partial charge in [-0.15, -0.1) is 0 Å². The summed E-state index contributed by atoms with van der Waals surface area (Å²) < 4.78 is 15.5. The Bertz CT molecular complexity index is 889. The highest BCUT2D eigenvalue weighted by molar-refractivity contribution is 6.51. The molecule has 160 valence electrons. The lowest BCUT2D eigenvalue weighted by atomic mass is 9.75. The van der Waals surface area contributed by atoms with Crippen LogP contribution in [0.4, 0.5) is 0 Å². The van der Waals surface area contributed by atoms with Crippen molar-refractivity contribution in [3.8, 4) is 0 Å². The molecular formula is C22H23BN2O6. The molecule has 8 nitrogen and oxygen atoms in total. The van der Waals surface area contributed by atoms with Gasteiger partial charge in [-0.1, -0.05) is 60.7 Å². The highest BCUT2D eigenvalue weighted by atomic mass is 16.6. The van der Waals surface area contributed by atoms with Crippen molar-refractivity contribution in [3.05, 3.63) is 71.8 Å². The van der Waals surface area contributed by atoms with Gasteiger partial charge in [0.05, 0.1) is 32.3 Å². The molecule has 0 radical (unpaired) electrons. The molecule has 0 saturated carbocycles. The summed E-state index contributed by atoms with van der Waals surface area (Å²) in [5.41, 5.74) is 2.17. The molecule has 2 aromatic rings. The van der Waals surface area contributed by atoms with Crippen LogP contribution < -0.4 is 0 Å². The van der Waals surface area contributed by atoms with Gasteiger partial charge in [-0.25, -0.2) is 0 Å². The number of hydrogen-bond donors (Lipinski definition) is 0. The molecule has 1 aliphatic rings. The average Bonchev–Trinajstić information content (AvgIpc) is 2.76. The molecule has 1 aliphatic heterocycles. The van der Waals surface area contributed by atoms with Gasteiger partial charge in [-0.05, 0) is 7.05 Å². The van der Waals surface area contributed by atoms with E-state index in [1.54, 1.807) is 7.05 Å². The van der Waals surface area contributed by atoms with E-state index in [9.17, 15) is 14.4 Å². The molecule has 0 aromatic heterocycles. The normalized spacial score (nSPS) is 15.7. The van der Waals surface area contributed by atoms with Crippen molar-refractivity contribution in [2.24, 2.45) is 4.99 Å². The van der Waals surface area contributed by atoms with Crippen LogP contribution in [0, 0.1) is 0 Å². The first-order valence-corrected chi connectivity index (χ1v) is 9.79. The van der Waals surface area contributed by atoms with Gasteiger partial charge in [0.2, 0.25) is 0 Å². The van der Waals surface area contributed by atoms with Gasteiger partial charge in [-0.2, -0.15) is 0 Å². The molecule has 1 saturated heterocycles. The number of rotatable bonds is 6. The zero-order chi connectivity index (χ0) is 22.2. The van der Waals surface area contributed by atoms with Crippen molar-refractivity contribution in [1.29, 1.82) is 0 Å². The molecule has 0 amide bonds. The Morgan fingerprint density at radius 2 is 1.48 bits per heavy atom. The Kier molecular flexibility index (Phi) is 7.56. The predicted molar refractivity (Wildman–Crippen MR) is 114 cm³/mol. The minimum Gasteiger partial charge on any atom is -0.497 e. The lowest BCUT2D eigenvalue weighted by Crippen LogP contribution is -2.48. The molecule has 0 spiro atoms.